The van der Waals surface area contributed by atoms with Crippen molar-refractivity contribution >= 4 is 34.3 Å². The molecule has 0 aliphatic heterocycles. The normalized spacial score (nSPS) is 10.8. The van der Waals surface area contributed by atoms with Crippen LogP contribution < -0.4 is 15.9 Å². The molecule has 0 bridgehead atoms. The number of amides is 1. The molecule has 2 rings (SSSR count). The van der Waals surface area contributed by atoms with Crippen molar-refractivity contribution < 1.29 is 19.6 Å². The number of nitro benzene ring substituents is 1. The van der Waals surface area contributed by atoms with Crippen molar-refractivity contribution in [3.8, 4) is 11.5 Å². The van der Waals surface area contributed by atoms with Gasteiger partial charge in [0.15, 0.2) is 10.9 Å². The first-order valence-corrected chi connectivity index (χ1v) is 8.41. The molecule has 2 aromatic rings. The highest BCUT2D eigenvalue weighted by molar-refractivity contribution is 7.17. The number of ether oxygens (including phenoxy) is 1. The van der Waals surface area contributed by atoms with Gasteiger partial charge in [0.25, 0.3) is 5.91 Å². The summed E-state index contributed by atoms with van der Waals surface area (Å²) < 4.78 is 5.17. The third kappa shape index (κ3) is 4.25. The zero-order chi connectivity index (χ0) is 19.3. The summed E-state index contributed by atoms with van der Waals surface area (Å²) in [6.07, 6.45) is 1.75. The van der Waals surface area contributed by atoms with Gasteiger partial charge >= 0.3 is 5.69 Å². The number of carbonyl (C=O) groups is 1. The van der Waals surface area contributed by atoms with Crippen LogP contribution in [0.15, 0.2) is 17.2 Å². The van der Waals surface area contributed by atoms with E-state index in [1.807, 2.05) is 6.92 Å². The highest BCUT2D eigenvalue weighted by atomic mass is 32.1. The van der Waals surface area contributed by atoms with Crippen LogP contribution in [-0.4, -0.2) is 33.7 Å². The maximum absolute atomic E-state index is 12.1. The molecule has 10 nitrogen and oxygen atoms in total. The smallest absolute Gasteiger partial charge is 0.315 e. The zero-order valence-electron chi connectivity index (χ0n) is 14.1. The minimum Gasteiger partial charge on any atom is -0.500 e. The van der Waals surface area contributed by atoms with Crippen molar-refractivity contribution in [2.75, 3.05) is 12.3 Å². The van der Waals surface area contributed by atoms with Crippen molar-refractivity contribution in [1.82, 2.24) is 10.4 Å². The second-order valence-electron chi connectivity index (χ2n) is 4.96. The van der Waals surface area contributed by atoms with E-state index in [0.717, 1.165) is 17.4 Å². The van der Waals surface area contributed by atoms with Gasteiger partial charge in [0.2, 0.25) is 5.75 Å². The largest absolute Gasteiger partial charge is 0.500 e. The number of rotatable bonds is 7. The number of nitrogens with zero attached hydrogens (tertiary/aromatic N) is 3. The molecule has 138 valence electrons. The molecule has 0 fully saturated rings. The monoisotopic (exact) mass is 379 g/mol. The van der Waals surface area contributed by atoms with Crippen LogP contribution >= 0.6 is 11.3 Å². The molecule has 0 spiro atoms. The minimum absolute atomic E-state index is 0.0435. The molecule has 0 saturated heterocycles. The first-order chi connectivity index (χ1) is 12.4. The molecule has 11 heteroatoms. The average Bonchev–Trinajstić information content (AvgIpc) is 2.98. The lowest BCUT2D eigenvalue weighted by atomic mass is 10.2. The van der Waals surface area contributed by atoms with Crippen LogP contribution in [0.3, 0.4) is 0 Å². The second-order valence-corrected chi connectivity index (χ2v) is 5.99. The summed E-state index contributed by atoms with van der Waals surface area (Å²) in [5.74, 6) is -1.09. The Morgan fingerprint density at radius 2 is 2.27 bits per heavy atom. The molecule has 0 atom stereocenters. The Hall–Kier alpha value is -3.21. The van der Waals surface area contributed by atoms with Crippen molar-refractivity contribution in [2.24, 2.45) is 5.10 Å². The zero-order valence-corrected chi connectivity index (χ0v) is 14.9. The van der Waals surface area contributed by atoms with Crippen LogP contribution in [0.5, 0.6) is 11.5 Å². The van der Waals surface area contributed by atoms with E-state index < -0.39 is 22.3 Å². The molecule has 0 aliphatic rings. The van der Waals surface area contributed by atoms with Crippen molar-refractivity contribution in [3.63, 3.8) is 0 Å². The number of nitrogens with two attached hydrogens (primary N) is 1. The topological polar surface area (TPSA) is 153 Å². The van der Waals surface area contributed by atoms with Crippen molar-refractivity contribution in [3.05, 3.63) is 38.4 Å². The number of aryl methyl sites for hydroxylation is 1. The number of phenolic OH excluding ortho intramolecular Hbond substituents is 1. The standard InChI is InChI=1S/C15H17N5O5S/c1-3-9-13(26-15(16)18-9)14(22)19-17-7-8-5-10(20(23)24)12(21)11(6-8)25-4-2/h5-7,21H,3-4H2,1-2H3,(H2,16,18)(H,19,22)/b17-7-. The Balaban J connectivity index is 2.21. The molecule has 0 saturated carbocycles. The summed E-state index contributed by atoms with van der Waals surface area (Å²) in [7, 11) is 0. The summed E-state index contributed by atoms with van der Waals surface area (Å²) in [6, 6.07) is 2.50. The van der Waals surface area contributed by atoms with E-state index in [0.29, 0.717) is 17.0 Å². The van der Waals surface area contributed by atoms with E-state index >= 15 is 0 Å². The lowest BCUT2D eigenvalue weighted by molar-refractivity contribution is -0.386. The highest BCUT2D eigenvalue weighted by Crippen LogP contribution is 2.36. The molecule has 0 unspecified atom stereocenters. The molecular weight excluding hydrogens is 362 g/mol. The number of nitrogens with one attached hydrogen (secondary N) is 1. The van der Waals surface area contributed by atoms with Gasteiger partial charge < -0.3 is 15.6 Å². The lowest BCUT2D eigenvalue weighted by Crippen LogP contribution is -2.17. The third-order valence-corrected chi connectivity index (χ3v) is 4.13. The second kappa shape index (κ2) is 8.25. The number of aromatic hydroxyl groups is 1. The number of hydrogen-bond donors (Lipinski definition) is 3. The van der Waals surface area contributed by atoms with Gasteiger partial charge in [-0.2, -0.15) is 5.10 Å². The van der Waals surface area contributed by atoms with Gasteiger partial charge in [-0.3, -0.25) is 14.9 Å². The predicted octanol–water partition coefficient (Wildman–Crippen LogP) is 2.06. The fourth-order valence-electron chi connectivity index (χ4n) is 2.10. The van der Waals surface area contributed by atoms with Crippen LogP contribution in [0.25, 0.3) is 0 Å². The Kier molecular flexibility index (Phi) is 6.07. The molecule has 1 heterocycles. The molecule has 1 amide bonds. The summed E-state index contributed by atoms with van der Waals surface area (Å²) >= 11 is 1.05. The van der Waals surface area contributed by atoms with Gasteiger partial charge in [0, 0.05) is 11.6 Å². The molecule has 1 aromatic heterocycles. The predicted molar refractivity (Wildman–Crippen MR) is 96.9 cm³/mol. The van der Waals surface area contributed by atoms with Gasteiger partial charge in [0.1, 0.15) is 4.88 Å². The van der Waals surface area contributed by atoms with E-state index in [1.54, 1.807) is 6.92 Å². The number of anilines is 1. The molecule has 1 aromatic carbocycles. The van der Waals surface area contributed by atoms with Crippen LogP contribution in [-0.2, 0) is 6.42 Å². The Morgan fingerprint density at radius 3 is 2.88 bits per heavy atom. The van der Waals surface area contributed by atoms with E-state index in [1.165, 1.54) is 12.3 Å². The summed E-state index contributed by atoms with van der Waals surface area (Å²) in [5, 5.41) is 24.9. The van der Waals surface area contributed by atoms with Gasteiger partial charge in [-0.25, -0.2) is 10.4 Å². The summed E-state index contributed by atoms with van der Waals surface area (Å²) in [5.41, 5.74) is 8.25. The van der Waals surface area contributed by atoms with E-state index in [4.69, 9.17) is 10.5 Å². The summed E-state index contributed by atoms with van der Waals surface area (Å²) in [6.45, 7) is 3.74. The number of hydrazone groups is 1. The number of benzene rings is 1. The Bertz CT molecular complexity index is 864. The van der Waals surface area contributed by atoms with Crippen LogP contribution in [0.2, 0.25) is 0 Å². The van der Waals surface area contributed by atoms with Gasteiger partial charge in [-0.05, 0) is 19.4 Å². The quantitative estimate of drug-likeness (QED) is 0.378. The highest BCUT2D eigenvalue weighted by Gasteiger charge is 2.20. The van der Waals surface area contributed by atoms with Crippen LogP contribution in [0.1, 0.15) is 34.8 Å². The molecule has 0 aliphatic carbocycles. The lowest BCUT2D eigenvalue weighted by Gasteiger charge is -2.07. The Labute approximate surface area is 152 Å². The Morgan fingerprint density at radius 1 is 1.54 bits per heavy atom. The van der Waals surface area contributed by atoms with Gasteiger partial charge in [-0.1, -0.05) is 18.3 Å². The van der Waals surface area contributed by atoms with E-state index in [9.17, 15) is 20.0 Å². The SMILES string of the molecule is CCOc1cc(/C=N\NC(=O)c2sc(N)nc2CC)cc([N+](=O)[O-])c1O. The number of phenols is 1. The van der Waals surface area contributed by atoms with E-state index in [2.05, 4.69) is 15.5 Å². The maximum Gasteiger partial charge on any atom is 0.315 e. The number of aromatic nitrogens is 1. The number of thiazole rings is 1. The molecule has 0 radical (unpaired) electrons. The number of nitro groups is 1. The fourth-order valence-corrected chi connectivity index (χ4v) is 2.91. The number of carbonyl (C=O) groups excluding carboxylic acids is 1. The first kappa shape index (κ1) is 19.1. The number of nitrogen functional groups attached to an aromatic ring is 1. The average molecular weight is 379 g/mol. The number of hydrogen-bond acceptors (Lipinski definition) is 9. The third-order valence-electron chi connectivity index (χ3n) is 3.21. The minimum atomic E-state index is -0.735. The fraction of sp³-hybridized carbons (Fsp3) is 0.267. The van der Waals surface area contributed by atoms with Crippen molar-refractivity contribution in [1.29, 1.82) is 0 Å². The van der Waals surface area contributed by atoms with Crippen LogP contribution in [0, 0.1) is 10.1 Å². The molecular formula is C15H17N5O5S. The van der Waals surface area contributed by atoms with E-state index in [-0.39, 0.29) is 23.1 Å². The van der Waals surface area contributed by atoms with Crippen molar-refractivity contribution in [2.45, 2.75) is 20.3 Å². The summed E-state index contributed by atoms with van der Waals surface area (Å²) in [4.78, 5) is 26.8. The molecule has 4 N–H and O–H groups in total. The van der Waals surface area contributed by atoms with Crippen LogP contribution in [0.4, 0.5) is 10.8 Å². The first-order valence-electron chi connectivity index (χ1n) is 7.60. The molecule has 26 heavy (non-hydrogen) atoms. The maximum atomic E-state index is 12.1. The van der Waals surface area contributed by atoms with Gasteiger partial charge in [-0.15, -0.1) is 0 Å². The van der Waals surface area contributed by atoms with Gasteiger partial charge in [0.05, 0.1) is 23.4 Å².